The molecule has 5 heteroatoms. The molecule has 0 saturated heterocycles. The highest BCUT2D eigenvalue weighted by atomic mass is 16.3. The van der Waals surface area contributed by atoms with Crippen LogP contribution in [-0.2, 0) is 0 Å². The van der Waals surface area contributed by atoms with Gasteiger partial charge in [-0.25, -0.2) is 15.0 Å². The van der Waals surface area contributed by atoms with Crippen molar-refractivity contribution in [3.05, 3.63) is 170 Å². The highest BCUT2D eigenvalue weighted by molar-refractivity contribution is 6.13. The molecule has 10 aromatic rings. The zero-order chi connectivity index (χ0) is 37.4. The van der Waals surface area contributed by atoms with Crippen LogP contribution in [0.25, 0.3) is 94.7 Å². The molecule has 0 aliphatic heterocycles. The molecule has 7 aromatic carbocycles. The van der Waals surface area contributed by atoms with E-state index >= 15 is 0 Å². The van der Waals surface area contributed by atoms with E-state index in [2.05, 4.69) is 28.8 Å². The summed E-state index contributed by atoms with van der Waals surface area (Å²) < 4.78 is 50.6. The minimum atomic E-state index is -0.417. The van der Waals surface area contributed by atoms with E-state index in [4.69, 9.17) is 26.2 Å². The lowest BCUT2D eigenvalue weighted by molar-refractivity contribution is 0.668. The maximum Gasteiger partial charge on any atom is 0.164 e. The van der Waals surface area contributed by atoms with Crippen LogP contribution in [0, 0.1) is 0 Å². The van der Waals surface area contributed by atoms with Gasteiger partial charge < -0.3 is 8.98 Å². The molecule has 0 bridgehead atoms. The Balaban J connectivity index is 1.17. The Bertz CT molecular complexity index is 3070. The fraction of sp³-hybridized carbons (Fsp3) is 0. The topological polar surface area (TPSA) is 56.7 Å². The van der Waals surface area contributed by atoms with Crippen molar-refractivity contribution < 1.29 is 11.3 Å². The molecule has 0 amide bonds. The number of hydrogen-bond acceptors (Lipinski definition) is 4. The van der Waals surface area contributed by atoms with Gasteiger partial charge >= 0.3 is 0 Å². The van der Waals surface area contributed by atoms with Gasteiger partial charge in [-0.1, -0.05) is 133 Å². The van der Waals surface area contributed by atoms with E-state index in [0.717, 1.165) is 55.0 Å². The molecule has 234 valence electrons. The third kappa shape index (κ3) is 4.60. The molecule has 10 rings (SSSR count). The molecular formula is C45H28N4O. The molecule has 50 heavy (non-hydrogen) atoms. The van der Waals surface area contributed by atoms with Gasteiger partial charge in [0, 0.05) is 50.0 Å². The Hall–Kier alpha value is -6.85. The number of rotatable bonds is 5. The monoisotopic (exact) mass is 645 g/mol. The first-order valence-electron chi connectivity index (χ1n) is 18.8. The Labute approximate surface area is 294 Å². The van der Waals surface area contributed by atoms with E-state index in [1.807, 2.05) is 115 Å². The Morgan fingerprint density at radius 3 is 1.88 bits per heavy atom. The predicted molar refractivity (Wildman–Crippen MR) is 203 cm³/mol. The normalized spacial score (nSPS) is 13.0. The van der Waals surface area contributed by atoms with Gasteiger partial charge in [-0.15, -0.1) is 0 Å². The molecular weight excluding hydrogens is 613 g/mol. The number of nitrogens with zero attached hydrogens (tertiary/aromatic N) is 4. The predicted octanol–water partition coefficient (Wildman–Crippen LogP) is 11.5. The largest absolute Gasteiger partial charge is 0.456 e. The van der Waals surface area contributed by atoms with Crippen molar-refractivity contribution in [1.29, 1.82) is 0 Å². The number of benzene rings is 7. The van der Waals surface area contributed by atoms with Gasteiger partial charge in [0.05, 0.1) is 17.9 Å². The van der Waals surface area contributed by atoms with Crippen LogP contribution >= 0.6 is 0 Å². The van der Waals surface area contributed by atoms with Crippen LogP contribution in [0.5, 0.6) is 0 Å². The lowest BCUT2D eigenvalue weighted by Gasteiger charge is -2.10. The van der Waals surface area contributed by atoms with Crippen molar-refractivity contribution in [2.45, 2.75) is 0 Å². The van der Waals surface area contributed by atoms with Gasteiger partial charge in [0.25, 0.3) is 0 Å². The third-order valence-corrected chi connectivity index (χ3v) is 9.14. The highest BCUT2D eigenvalue weighted by Crippen LogP contribution is 2.39. The van der Waals surface area contributed by atoms with Crippen LogP contribution in [0.2, 0.25) is 0 Å². The fourth-order valence-electron chi connectivity index (χ4n) is 6.87. The van der Waals surface area contributed by atoms with Crippen molar-refractivity contribution in [3.63, 3.8) is 0 Å². The van der Waals surface area contributed by atoms with Crippen molar-refractivity contribution in [2.24, 2.45) is 0 Å². The van der Waals surface area contributed by atoms with E-state index in [1.165, 1.54) is 0 Å². The zero-order valence-corrected chi connectivity index (χ0v) is 26.5. The number of para-hydroxylation sites is 1. The summed E-state index contributed by atoms with van der Waals surface area (Å²) in [6, 6.07) is 44.0. The molecule has 0 atom stereocenters. The average molecular weight is 646 g/mol. The molecule has 3 heterocycles. The second kappa shape index (κ2) is 11.4. The van der Waals surface area contributed by atoms with E-state index in [-0.39, 0.29) is 29.7 Å². The molecule has 0 saturated carbocycles. The highest BCUT2D eigenvalue weighted by Gasteiger charge is 2.19. The smallest absolute Gasteiger partial charge is 0.164 e. The van der Waals surface area contributed by atoms with Crippen molar-refractivity contribution >= 4 is 43.7 Å². The van der Waals surface area contributed by atoms with Crippen molar-refractivity contribution in [3.8, 4) is 51.0 Å². The summed E-state index contributed by atoms with van der Waals surface area (Å²) in [5.74, 6) is 1.68. The molecule has 0 N–H and O–H groups in total. The minimum absolute atomic E-state index is 0.161. The molecule has 0 unspecified atom stereocenters. The maximum absolute atomic E-state index is 8.64. The van der Waals surface area contributed by atoms with E-state index in [9.17, 15) is 0 Å². The van der Waals surface area contributed by atoms with Gasteiger partial charge in [-0.05, 0) is 41.5 Å². The summed E-state index contributed by atoms with van der Waals surface area (Å²) in [4.78, 5) is 14.9. The summed E-state index contributed by atoms with van der Waals surface area (Å²) in [7, 11) is 0. The van der Waals surface area contributed by atoms with Crippen LogP contribution in [0.15, 0.2) is 174 Å². The Morgan fingerprint density at radius 1 is 0.460 bits per heavy atom. The summed E-state index contributed by atoms with van der Waals surface area (Å²) in [6.45, 7) is 0. The third-order valence-electron chi connectivity index (χ3n) is 9.14. The van der Waals surface area contributed by atoms with Crippen LogP contribution in [0.4, 0.5) is 0 Å². The number of aromatic nitrogens is 4. The van der Waals surface area contributed by atoms with Gasteiger partial charge in [0.1, 0.15) is 11.2 Å². The summed E-state index contributed by atoms with van der Waals surface area (Å²) >= 11 is 0. The molecule has 0 spiro atoms. The average Bonchev–Trinajstić information content (AvgIpc) is 3.78. The zero-order valence-electron chi connectivity index (χ0n) is 31.5. The first-order chi connectivity index (χ1) is 26.9. The lowest BCUT2D eigenvalue weighted by atomic mass is 10.0. The first-order valence-corrected chi connectivity index (χ1v) is 16.3. The number of furan rings is 1. The van der Waals surface area contributed by atoms with Gasteiger partial charge in [0.15, 0.2) is 17.5 Å². The van der Waals surface area contributed by atoms with Crippen LogP contribution < -0.4 is 0 Å². The van der Waals surface area contributed by atoms with Gasteiger partial charge in [-0.2, -0.15) is 0 Å². The standard InChI is InChI=1S/C45H28N4O/c1-4-13-29(14-5-1)32-23-25-35-34-19-10-11-21-38(34)49(39(35)27-32)33-24-26-36-41(28-33)50-40-22-12-20-37(42(36)40)45-47-43(30-15-6-2-7-16-30)46-44(48-45)31-17-8-3-9-18-31/h1-28H/i1D,4D,5D,13D,14D. The molecule has 0 fully saturated rings. The minimum Gasteiger partial charge on any atom is -0.456 e. The summed E-state index contributed by atoms with van der Waals surface area (Å²) in [6.07, 6.45) is 0. The summed E-state index contributed by atoms with van der Waals surface area (Å²) in [5, 5.41) is 3.78. The van der Waals surface area contributed by atoms with Gasteiger partial charge in [0.2, 0.25) is 0 Å². The Morgan fingerprint density at radius 2 is 1.12 bits per heavy atom. The number of fused-ring (bicyclic) bond motifs is 6. The van der Waals surface area contributed by atoms with E-state index < -0.39 is 6.04 Å². The van der Waals surface area contributed by atoms with Gasteiger partial charge in [-0.3, -0.25) is 0 Å². The van der Waals surface area contributed by atoms with E-state index in [1.54, 1.807) is 0 Å². The quantitative estimate of drug-likeness (QED) is 0.187. The second-order valence-corrected chi connectivity index (χ2v) is 12.1. The van der Waals surface area contributed by atoms with Crippen LogP contribution in [0.1, 0.15) is 6.85 Å². The second-order valence-electron chi connectivity index (χ2n) is 12.1. The van der Waals surface area contributed by atoms with Crippen molar-refractivity contribution in [1.82, 2.24) is 19.5 Å². The maximum atomic E-state index is 8.64. The SMILES string of the molecule is [2H]c1c([2H])c([2H])c(-c2ccc3c4ccccc4n(-c4ccc5c(c4)oc4cccc(-c6nc(-c7ccccc7)nc(-c7ccccc7)n6)c45)c3c2)c([2H])c1[2H]. The number of hydrogen-bond donors (Lipinski definition) is 0. The van der Waals surface area contributed by atoms with Crippen molar-refractivity contribution in [2.75, 3.05) is 0 Å². The van der Waals surface area contributed by atoms with Crippen LogP contribution in [0.3, 0.4) is 0 Å². The lowest BCUT2D eigenvalue weighted by Crippen LogP contribution is -2.00. The Kier molecular flexibility index (Phi) is 5.35. The van der Waals surface area contributed by atoms with E-state index in [0.29, 0.717) is 34.2 Å². The molecule has 0 radical (unpaired) electrons. The summed E-state index contributed by atoms with van der Waals surface area (Å²) in [5.41, 5.74) is 7.28. The first kappa shape index (κ1) is 23.5. The fourth-order valence-corrected chi connectivity index (χ4v) is 6.87. The molecule has 5 nitrogen and oxygen atoms in total. The van der Waals surface area contributed by atoms with Crippen LogP contribution in [-0.4, -0.2) is 19.5 Å². The molecule has 0 aliphatic rings. The molecule has 3 aromatic heterocycles. The molecule has 0 aliphatic carbocycles.